The van der Waals surface area contributed by atoms with Crippen LogP contribution in [0.15, 0.2) is 18.2 Å². The van der Waals surface area contributed by atoms with Crippen molar-refractivity contribution in [1.82, 2.24) is 0 Å². The van der Waals surface area contributed by atoms with Gasteiger partial charge in [-0.25, -0.2) is 8.78 Å². The quantitative estimate of drug-likeness (QED) is 0.539. The van der Waals surface area contributed by atoms with Crippen LogP contribution in [0, 0.1) is 0 Å². The molecule has 0 radical (unpaired) electrons. The van der Waals surface area contributed by atoms with Crippen LogP contribution in [0.2, 0.25) is 5.02 Å². The van der Waals surface area contributed by atoms with E-state index in [-0.39, 0.29) is 5.02 Å². The van der Waals surface area contributed by atoms with Crippen molar-refractivity contribution in [3.8, 4) is 0 Å². The lowest BCUT2D eigenvalue weighted by Crippen LogP contribution is -2.34. The van der Waals surface area contributed by atoms with Crippen LogP contribution in [0.4, 0.5) is 21.7 Å². The number of hydrogen-bond acceptors (Lipinski definition) is 0. The third-order valence-corrected chi connectivity index (χ3v) is 1.79. The van der Waals surface area contributed by atoms with Crippen LogP contribution < -0.4 is 5.46 Å². The van der Waals surface area contributed by atoms with Crippen molar-refractivity contribution in [1.29, 1.82) is 0 Å². The summed E-state index contributed by atoms with van der Waals surface area (Å²) < 4.78 is 60.7. The minimum absolute atomic E-state index is 0.336. The van der Waals surface area contributed by atoms with E-state index in [4.69, 9.17) is 11.6 Å². The maximum absolute atomic E-state index is 12.2. The number of alkyl halides is 2. The standard InChI is InChI=1S/C7H4BClF5/c9-6-2-4(7(10)11)1-5(3-6)8(12,13)14/h1-3,7H/q-1. The van der Waals surface area contributed by atoms with Gasteiger partial charge in [-0.3, -0.25) is 0 Å². The highest BCUT2D eigenvalue weighted by Crippen LogP contribution is 2.23. The molecule has 0 N–H and O–H groups in total. The van der Waals surface area contributed by atoms with Crippen LogP contribution >= 0.6 is 11.6 Å². The Morgan fingerprint density at radius 2 is 1.64 bits per heavy atom. The van der Waals surface area contributed by atoms with Crippen molar-refractivity contribution in [3.05, 3.63) is 28.8 Å². The van der Waals surface area contributed by atoms with Gasteiger partial charge in [-0.2, -0.15) is 0 Å². The SMILES string of the molecule is FC(F)c1cc(Cl)cc([B-](F)(F)F)c1. The molecule has 0 bridgehead atoms. The minimum atomic E-state index is -5.29. The largest absolute Gasteiger partial charge is 0.509 e. The molecule has 0 spiro atoms. The molecule has 0 nitrogen and oxygen atoms in total. The fraction of sp³-hybridized carbons (Fsp3) is 0.143. The molecular weight excluding hydrogens is 225 g/mol. The lowest BCUT2D eigenvalue weighted by Gasteiger charge is -2.16. The molecule has 7 heteroatoms. The predicted molar refractivity (Wildman–Crippen MR) is 45.1 cm³/mol. The molecule has 78 valence electrons. The number of halogens is 6. The Balaban J connectivity index is 3.21. The van der Waals surface area contributed by atoms with E-state index in [1.165, 1.54) is 0 Å². The molecular formula is C7H4BClF5-. The second kappa shape index (κ2) is 3.77. The molecule has 0 amide bonds. The molecule has 1 rings (SSSR count). The summed E-state index contributed by atoms with van der Waals surface area (Å²) in [7, 11) is 0. The summed E-state index contributed by atoms with van der Waals surface area (Å²) >= 11 is 5.28. The average Bonchev–Trinajstić information content (AvgIpc) is 2.01. The second-order valence-corrected chi connectivity index (χ2v) is 3.13. The van der Waals surface area contributed by atoms with E-state index in [2.05, 4.69) is 0 Å². The summed E-state index contributed by atoms with van der Waals surface area (Å²) in [6.45, 7) is -5.29. The van der Waals surface area contributed by atoms with E-state index in [9.17, 15) is 21.7 Å². The number of benzene rings is 1. The third-order valence-electron chi connectivity index (χ3n) is 1.57. The Morgan fingerprint density at radius 1 is 1.07 bits per heavy atom. The van der Waals surface area contributed by atoms with Crippen molar-refractivity contribution in [3.63, 3.8) is 0 Å². The highest BCUT2D eigenvalue weighted by Gasteiger charge is 2.27. The minimum Gasteiger partial charge on any atom is -0.445 e. The van der Waals surface area contributed by atoms with Gasteiger partial charge in [0, 0.05) is 10.6 Å². The average molecular weight is 229 g/mol. The van der Waals surface area contributed by atoms with Gasteiger partial charge >= 0.3 is 6.98 Å². The summed E-state index contributed by atoms with van der Waals surface area (Å²) in [5, 5.41) is -0.336. The molecule has 0 aliphatic heterocycles. The Kier molecular flexibility index (Phi) is 3.04. The topological polar surface area (TPSA) is 0 Å². The molecule has 0 aliphatic carbocycles. The van der Waals surface area contributed by atoms with Gasteiger partial charge in [-0.15, -0.1) is 5.46 Å². The van der Waals surface area contributed by atoms with Gasteiger partial charge in [-0.05, 0) is 6.07 Å². The van der Waals surface area contributed by atoms with Gasteiger partial charge < -0.3 is 12.9 Å². The van der Waals surface area contributed by atoms with Crippen molar-refractivity contribution in [2.75, 3.05) is 0 Å². The Bertz CT molecular complexity index is 335. The number of hydrogen-bond donors (Lipinski definition) is 0. The first-order chi connectivity index (χ1) is 6.30. The highest BCUT2D eigenvalue weighted by atomic mass is 35.5. The molecule has 0 atom stereocenters. The Hall–Kier alpha value is -0.775. The summed E-state index contributed by atoms with van der Waals surface area (Å²) in [5.74, 6) is 0. The molecule has 1 aromatic carbocycles. The fourth-order valence-electron chi connectivity index (χ4n) is 0.951. The van der Waals surface area contributed by atoms with Crippen molar-refractivity contribution < 1.29 is 21.7 Å². The fourth-order valence-corrected chi connectivity index (χ4v) is 1.20. The van der Waals surface area contributed by atoms with Gasteiger partial charge in [0.2, 0.25) is 0 Å². The number of rotatable bonds is 2. The predicted octanol–water partition coefficient (Wildman–Crippen LogP) is 3.33. The van der Waals surface area contributed by atoms with Gasteiger partial charge in [-0.1, -0.05) is 23.7 Å². The second-order valence-electron chi connectivity index (χ2n) is 2.69. The zero-order chi connectivity index (χ0) is 10.9. The van der Waals surface area contributed by atoms with E-state index in [0.717, 1.165) is 6.07 Å². The zero-order valence-corrected chi connectivity index (χ0v) is 7.41. The molecule has 14 heavy (non-hydrogen) atoms. The Morgan fingerprint density at radius 3 is 2.07 bits per heavy atom. The van der Waals surface area contributed by atoms with Gasteiger partial charge in [0.25, 0.3) is 6.43 Å². The van der Waals surface area contributed by atoms with E-state index in [1.807, 2.05) is 0 Å². The van der Waals surface area contributed by atoms with Crippen LogP contribution in [-0.4, -0.2) is 6.98 Å². The van der Waals surface area contributed by atoms with E-state index in [1.54, 1.807) is 0 Å². The first kappa shape index (κ1) is 11.3. The molecule has 0 unspecified atom stereocenters. The van der Waals surface area contributed by atoms with E-state index in [0.29, 0.717) is 12.1 Å². The molecule has 1 aromatic rings. The summed E-state index contributed by atoms with van der Waals surface area (Å²) in [4.78, 5) is 0. The zero-order valence-electron chi connectivity index (χ0n) is 6.65. The maximum Gasteiger partial charge on any atom is 0.509 e. The molecule has 0 saturated heterocycles. The van der Waals surface area contributed by atoms with E-state index >= 15 is 0 Å². The summed E-state index contributed by atoms with van der Waals surface area (Å²) in [6, 6.07) is 1.86. The lowest BCUT2D eigenvalue weighted by molar-refractivity contribution is 0.151. The van der Waals surface area contributed by atoms with Crippen LogP contribution in [-0.2, 0) is 0 Å². The van der Waals surface area contributed by atoms with Crippen molar-refractivity contribution in [2.24, 2.45) is 0 Å². The summed E-state index contributed by atoms with van der Waals surface area (Å²) in [6.07, 6.45) is -2.95. The lowest BCUT2D eigenvalue weighted by atomic mass is 9.79. The van der Waals surface area contributed by atoms with Gasteiger partial charge in [0.05, 0.1) is 0 Å². The first-order valence-corrected chi connectivity index (χ1v) is 3.97. The monoisotopic (exact) mass is 229 g/mol. The normalized spacial score (nSPS) is 12.2. The van der Waals surface area contributed by atoms with Crippen LogP contribution in [0.5, 0.6) is 0 Å². The molecule has 0 heterocycles. The van der Waals surface area contributed by atoms with Gasteiger partial charge in [0.1, 0.15) is 0 Å². The van der Waals surface area contributed by atoms with Crippen molar-refractivity contribution in [2.45, 2.75) is 6.43 Å². The molecule has 0 aromatic heterocycles. The summed E-state index contributed by atoms with van der Waals surface area (Å²) in [5.41, 5.74) is -1.82. The molecule has 0 fully saturated rings. The van der Waals surface area contributed by atoms with Crippen LogP contribution in [0.3, 0.4) is 0 Å². The van der Waals surface area contributed by atoms with Gasteiger partial charge in [0.15, 0.2) is 0 Å². The molecule has 0 aliphatic rings. The Labute approximate surface area is 81.7 Å². The molecule has 0 saturated carbocycles. The van der Waals surface area contributed by atoms with Crippen LogP contribution in [0.1, 0.15) is 12.0 Å². The van der Waals surface area contributed by atoms with E-state index < -0.39 is 24.4 Å². The first-order valence-electron chi connectivity index (χ1n) is 3.59. The highest BCUT2D eigenvalue weighted by molar-refractivity contribution is 6.73. The smallest absolute Gasteiger partial charge is 0.445 e. The van der Waals surface area contributed by atoms with Crippen LogP contribution in [0.25, 0.3) is 0 Å². The maximum atomic E-state index is 12.2. The third kappa shape index (κ3) is 2.61. The van der Waals surface area contributed by atoms with Crippen molar-refractivity contribution >= 4 is 24.0 Å².